The van der Waals surface area contributed by atoms with E-state index >= 15 is 0 Å². The Morgan fingerprint density at radius 3 is 0.671 bits per heavy atom. The maximum Gasteiger partial charge on any atom is 0.131 e. The van der Waals surface area contributed by atoms with Crippen LogP contribution in [0.2, 0.25) is 0 Å². The van der Waals surface area contributed by atoms with Crippen LogP contribution in [0.3, 0.4) is 0 Å². The molecule has 3 radical (unpaired) electrons. The molecular formula is C78H51AlF3O3. The Morgan fingerprint density at radius 2 is 0.412 bits per heavy atom. The van der Waals surface area contributed by atoms with Gasteiger partial charge in [0.25, 0.3) is 0 Å². The predicted octanol–water partition coefficient (Wildman–Crippen LogP) is 21.1. The number of hydrogen-bond donors (Lipinski definition) is 3. The lowest BCUT2D eigenvalue weighted by Gasteiger charge is -2.16. The topological polar surface area (TPSA) is 60.7 Å². The van der Waals surface area contributed by atoms with Crippen molar-refractivity contribution in [3.05, 3.63) is 309 Å². The van der Waals surface area contributed by atoms with Crippen LogP contribution in [0.1, 0.15) is 0 Å². The first-order valence-electron chi connectivity index (χ1n) is 27.6. The van der Waals surface area contributed by atoms with Crippen molar-refractivity contribution >= 4 is 82.0 Å². The predicted molar refractivity (Wildman–Crippen MR) is 348 cm³/mol. The first kappa shape index (κ1) is 55.1. The van der Waals surface area contributed by atoms with Gasteiger partial charge >= 0.3 is 0 Å². The van der Waals surface area contributed by atoms with E-state index in [1.807, 2.05) is 164 Å². The Morgan fingerprint density at radius 1 is 0.200 bits per heavy atom. The number of benzene rings is 15. The van der Waals surface area contributed by atoms with E-state index < -0.39 is 0 Å². The highest BCUT2D eigenvalue weighted by atomic mass is 27.0. The van der Waals surface area contributed by atoms with Crippen molar-refractivity contribution < 1.29 is 28.5 Å². The van der Waals surface area contributed by atoms with Crippen molar-refractivity contribution in [3.63, 3.8) is 0 Å². The maximum atomic E-state index is 13.4. The van der Waals surface area contributed by atoms with Crippen LogP contribution in [0, 0.1) is 17.5 Å². The van der Waals surface area contributed by atoms with Crippen molar-refractivity contribution in [3.8, 4) is 84.0 Å². The van der Waals surface area contributed by atoms with Gasteiger partial charge in [-0.1, -0.05) is 237 Å². The second-order valence-corrected chi connectivity index (χ2v) is 20.7. The van der Waals surface area contributed by atoms with Gasteiger partial charge in [-0.25, -0.2) is 13.2 Å². The van der Waals surface area contributed by atoms with Crippen LogP contribution in [-0.4, -0.2) is 32.7 Å². The Kier molecular flexibility index (Phi) is 15.4. The largest absolute Gasteiger partial charge is 0.507 e. The number of phenolic OH excluding ortho intramolecular Hbond substituents is 3. The molecule has 15 aromatic carbocycles. The normalized spacial score (nSPS) is 11.0. The molecule has 405 valence electrons. The summed E-state index contributed by atoms with van der Waals surface area (Å²) in [5, 5.41) is 46.7. The zero-order chi connectivity index (χ0) is 57.3. The fourth-order valence-electron chi connectivity index (χ4n) is 11.7. The number of halogens is 3. The summed E-state index contributed by atoms with van der Waals surface area (Å²) < 4.78 is 40.2. The van der Waals surface area contributed by atoms with Gasteiger partial charge in [-0.2, -0.15) is 0 Å². The third-order valence-electron chi connectivity index (χ3n) is 15.7. The Hall–Kier alpha value is -10.4. The molecule has 0 heterocycles. The van der Waals surface area contributed by atoms with Crippen molar-refractivity contribution in [2.24, 2.45) is 0 Å². The van der Waals surface area contributed by atoms with Crippen molar-refractivity contribution in [2.45, 2.75) is 0 Å². The molecule has 3 nitrogen and oxygen atoms in total. The van der Waals surface area contributed by atoms with Crippen molar-refractivity contribution in [1.82, 2.24) is 0 Å². The third kappa shape index (κ3) is 10.7. The van der Waals surface area contributed by atoms with E-state index in [2.05, 4.69) is 54.6 Å². The zero-order valence-corrected chi connectivity index (χ0v) is 46.9. The van der Waals surface area contributed by atoms with Crippen LogP contribution >= 0.6 is 0 Å². The van der Waals surface area contributed by atoms with Crippen LogP contribution in [0.15, 0.2) is 291 Å². The highest BCUT2D eigenvalue weighted by molar-refractivity contribution is 6.13. The highest BCUT2D eigenvalue weighted by Gasteiger charge is 2.21. The van der Waals surface area contributed by atoms with E-state index in [0.717, 1.165) is 115 Å². The molecular weight excluding hydrogens is 1070 g/mol. The van der Waals surface area contributed by atoms with E-state index in [1.54, 1.807) is 36.4 Å². The molecule has 0 unspecified atom stereocenters. The monoisotopic (exact) mass is 1120 g/mol. The number of aromatic hydroxyl groups is 3. The summed E-state index contributed by atoms with van der Waals surface area (Å²) in [5.74, 6) is -0.250. The zero-order valence-electron chi connectivity index (χ0n) is 45.8. The average Bonchev–Trinajstić information content (AvgIpc) is 3.01. The molecule has 0 aliphatic rings. The third-order valence-corrected chi connectivity index (χ3v) is 15.7. The van der Waals surface area contributed by atoms with Gasteiger partial charge in [0.1, 0.15) is 34.7 Å². The average molecular weight is 1120 g/mol. The number of phenols is 3. The van der Waals surface area contributed by atoms with Crippen molar-refractivity contribution in [2.75, 3.05) is 0 Å². The molecule has 0 saturated carbocycles. The molecule has 0 bridgehead atoms. The first-order chi connectivity index (χ1) is 41.2. The molecule has 0 aliphatic heterocycles. The summed E-state index contributed by atoms with van der Waals surface area (Å²) in [6.45, 7) is 0. The minimum atomic E-state index is -0.293. The minimum absolute atomic E-state index is 0. The number of fused-ring (bicyclic) bond motifs is 6. The van der Waals surface area contributed by atoms with Gasteiger partial charge in [0.2, 0.25) is 0 Å². The van der Waals surface area contributed by atoms with Crippen LogP contribution in [0.4, 0.5) is 13.2 Å². The molecule has 3 N–H and O–H groups in total. The molecule has 0 atom stereocenters. The van der Waals surface area contributed by atoms with Gasteiger partial charge in [0.05, 0.1) is 0 Å². The van der Waals surface area contributed by atoms with Gasteiger partial charge in [-0.3, -0.25) is 0 Å². The quantitative estimate of drug-likeness (QED) is 0.145. The molecule has 0 amide bonds. The fourth-order valence-corrected chi connectivity index (χ4v) is 11.7. The molecule has 15 rings (SSSR count). The summed E-state index contributed by atoms with van der Waals surface area (Å²) in [6, 6.07) is 91.6. The van der Waals surface area contributed by atoms with E-state index in [9.17, 15) is 28.5 Å². The van der Waals surface area contributed by atoms with Crippen LogP contribution < -0.4 is 0 Å². The molecule has 15 aromatic rings. The number of rotatable bonds is 6. The second kappa shape index (κ2) is 23.8. The molecule has 85 heavy (non-hydrogen) atoms. The molecule has 0 aromatic heterocycles. The van der Waals surface area contributed by atoms with Gasteiger partial charge in [0, 0.05) is 50.7 Å². The Bertz CT molecular complexity index is 4450. The summed E-state index contributed by atoms with van der Waals surface area (Å²) >= 11 is 0. The van der Waals surface area contributed by atoms with Gasteiger partial charge in [0.15, 0.2) is 0 Å². The molecule has 0 fully saturated rings. The van der Waals surface area contributed by atoms with Crippen LogP contribution in [-0.2, 0) is 0 Å². The highest BCUT2D eigenvalue weighted by Crippen LogP contribution is 2.49. The van der Waals surface area contributed by atoms with E-state index in [-0.39, 0.29) is 52.1 Å². The fraction of sp³-hybridized carbons (Fsp3) is 0. The summed E-state index contributed by atoms with van der Waals surface area (Å²) in [7, 11) is 0. The lowest BCUT2D eigenvalue weighted by molar-refractivity contribution is 0.479. The van der Waals surface area contributed by atoms with Crippen LogP contribution in [0.25, 0.3) is 131 Å². The van der Waals surface area contributed by atoms with E-state index in [1.165, 1.54) is 36.4 Å². The molecule has 7 heteroatoms. The first-order valence-corrected chi connectivity index (χ1v) is 27.6. The van der Waals surface area contributed by atoms with Gasteiger partial charge in [-0.05, 0) is 153 Å². The minimum Gasteiger partial charge on any atom is -0.507 e. The summed E-state index contributed by atoms with van der Waals surface area (Å²) in [6.07, 6.45) is 0. The smallest absolute Gasteiger partial charge is 0.131 e. The van der Waals surface area contributed by atoms with E-state index in [4.69, 9.17) is 0 Å². The second-order valence-electron chi connectivity index (χ2n) is 20.7. The van der Waals surface area contributed by atoms with E-state index in [0.29, 0.717) is 16.7 Å². The molecule has 0 saturated heterocycles. The maximum absolute atomic E-state index is 13.4. The van der Waals surface area contributed by atoms with Crippen LogP contribution in [0.5, 0.6) is 17.2 Å². The Balaban J connectivity index is 0.000000124. The molecule has 0 spiro atoms. The van der Waals surface area contributed by atoms with Crippen molar-refractivity contribution in [1.29, 1.82) is 0 Å². The lowest BCUT2D eigenvalue weighted by Crippen LogP contribution is -1.89. The SMILES string of the molecule is Oc1c(-c2ccc(F)cc2)cc2ccccc2c1-c1cccc2ccccc12.Oc1c(-c2ccc(F)cc2)cc2ccccc2c1-c1cccc2ccccc12.Oc1c(-c2ccc(F)cc2)cc2ccccc2c1-c1cccc2ccccc12.[Al]. The van der Waals surface area contributed by atoms with Gasteiger partial charge < -0.3 is 15.3 Å². The lowest BCUT2D eigenvalue weighted by atomic mass is 9.89. The number of hydrogen-bond acceptors (Lipinski definition) is 3. The standard InChI is InChI=1S/3C26H17FO.Al/c3*27-20-14-12-18(13-15-20)24-16-19-7-2-4-10-22(19)25(26(24)28)23-11-5-8-17-6-1-3-9-21(17)23;/h3*1-16,28H;. The summed E-state index contributed by atoms with van der Waals surface area (Å²) in [4.78, 5) is 0. The summed E-state index contributed by atoms with van der Waals surface area (Å²) in [5.41, 5.74) is 9.79. The molecule has 0 aliphatic carbocycles. The van der Waals surface area contributed by atoms with Gasteiger partial charge in [-0.15, -0.1) is 0 Å². The Labute approximate surface area is 500 Å².